The quantitative estimate of drug-likeness (QED) is 0.694. The first-order valence-corrected chi connectivity index (χ1v) is 7.08. The van der Waals surface area contributed by atoms with Gasteiger partial charge in [0.2, 0.25) is 0 Å². The Hall–Kier alpha value is -1.24. The number of terminal acetylenes is 1. The van der Waals surface area contributed by atoms with E-state index in [0.29, 0.717) is 12.5 Å². The van der Waals surface area contributed by atoms with E-state index in [0.717, 1.165) is 38.4 Å². The lowest BCUT2D eigenvalue weighted by molar-refractivity contribution is 0.272. The molecule has 0 spiro atoms. The van der Waals surface area contributed by atoms with Gasteiger partial charge < -0.3 is 9.73 Å². The van der Waals surface area contributed by atoms with Crippen LogP contribution >= 0.6 is 0 Å². The lowest BCUT2D eigenvalue weighted by Crippen LogP contribution is -2.24. The minimum Gasteiger partial charge on any atom is -0.468 e. The molecule has 0 fully saturated rings. The molecule has 106 valence electrons. The highest BCUT2D eigenvalue weighted by Gasteiger charge is 2.07. The van der Waals surface area contributed by atoms with Crippen molar-refractivity contribution in [2.45, 2.75) is 40.3 Å². The molecule has 0 aliphatic carbocycles. The molecule has 1 aromatic rings. The summed E-state index contributed by atoms with van der Waals surface area (Å²) in [7, 11) is 0. The van der Waals surface area contributed by atoms with E-state index in [1.807, 2.05) is 6.26 Å². The fourth-order valence-electron chi connectivity index (χ4n) is 1.99. The van der Waals surface area contributed by atoms with E-state index in [9.17, 15) is 0 Å². The molecule has 0 unspecified atom stereocenters. The minimum atomic E-state index is 0.669. The molecule has 0 saturated heterocycles. The molecule has 1 aromatic heterocycles. The van der Waals surface area contributed by atoms with Crippen LogP contribution in [-0.2, 0) is 13.1 Å². The van der Waals surface area contributed by atoms with Gasteiger partial charge in [-0.2, -0.15) is 0 Å². The number of nitrogens with zero attached hydrogens (tertiary/aromatic N) is 1. The standard InChI is InChI=1S/C16H26N2O/c1-5-7-18(8-6-2)12-16-9-15(13-19-16)11-17-10-14(3)4/h1,9,13-14,17H,6-8,10-12H2,2-4H3. The lowest BCUT2D eigenvalue weighted by Gasteiger charge is -2.16. The van der Waals surface area contributed by atoms with Crippen LogP contribution in [0.25, 0.3) is 0 Å². The third kappa shape index (κ3) is 6.47. The predicted octanol–water partition coefficient (Wildman–Crippen LogP) is 2.87. The Morgan fingerprint density at radius 1 is 1.47 bits per heavy atom. The summed E-state index contributed by atoms with van der Waals surface area (Å²) < 4.78 is 5.60. The van der Waals surface area contributed by atoms with Gasteiger partial charge in [0.25, 0.3) is 0 Å². The molecule has 3 nitrogen and oxygen atoms in total. The molecule has 3 heteroatoms. The van der Waals surface area contributed by atoms with Crippen molar-refractivity contribution in [2.75, 3.05) is 19.6 Å². The first-order chi connectivity index (χ1) is 9.15. The van der Waals surface area contributed by atoms with Crippen molar-refractivity contribution in [1.82, 2.24) is 10.2 Å². The van der Waals surface area contributed by atoms with Gasteiger partial charge in [-0.15, -0.1) is 6.42 Å². The van der Waals surface area contributed by atoms with Gasteiger partial charge in [-0.25, -0.2) is 0 Å². The van der Waals surface area contributed by atoms with Crippen molar-refractivity contribution in [3.63, 3.8) is 0 Å². The first kappa shape index (κ1) is 15.8. The van der Waals surface area contributed by atoms with Crippen LogP contribution in [-0.4, -0.2) is 24.5 Å². The highest BCUT2D eigenvalue weighted by Crippen LogP contribution is 2.11. The van der Waals surface area contributed by atoms with E-state index in [2.05, 4.69) is 43.0 Å². The summed E-state index contributed by atoms with van der Waals surface area (Å²) in [4.78, 5) is 2.23. The molecule has 0 aromatic carbocycles. The fraction of sp³-hybridized carbons (Fsp3) is 0.625. The minimum absolute atomic E-state index is 0.669. The Labute approximate surface area is 117 Å². The number of furan rings is 1. The van der Waals surface area contributed by atoms with Crippen molar-refractivity contribution in [1.29, 1.82) is 0 Å². The summed E-state index contributed by atoms with van der Waals surface area (Å²) in [6, 6.07) is 2.12. The predicted molar refractivity (Wildman–Crippen MR) is 79.7 cm³/mol. The van der Waals surface area contributed by atoms with Gasteiger partial charge in [-0.1, -0.05) is 26.7 Å². The van der Waals surface area contributed by atoms with Crippen molar-refractivity contribution >= 4 is 0 Å². The van der Waals surface area contributed by atoms with Gasteiger partial charge in [0.15, 0.2) is 0 Å². The van der Waals surface area contributed by atoms with Gasteiger partial charge in [0.1, 0.15) is 5.76 Å². The molecule has 19 heavy (non-hydrogen) atoms. The van der Waals surface area contributed by atoms with Gasteiger partial charge in [-0.05, 0) is 31.5 Å². The number of rotatable bonds is 9. The maximum absolute atomic E-state index is 5.60. The molecule has 0 aliphatic rings. The molecule has 0 aliphatic heterocycles. The fourth-order valence-corrected chi connectivity index (χ4v) is 1.99. The van der Waals surface area contributed by atoms with Crippen LogP contribution in [0.3, 0.4) is 0 Å². The van der Waals surface area contributed by atoms with E-state index in [4.69, 9.17) is 10.8 Å². The summed E-state index contributed by atoms with van der Waals surface area (Å²) in [5, 5.41) is 3.41. The Balaban J connectivity index is 2.42. The van der Waals surface area contributed by atoms with E-state index in [1.54, 1.807) is 0 Å². The molecular formula is C16H26N2O. The van der Waals surface area contributed by atoms with Gasteiger partial charge in [0, 0.05) is 12.1 Å². The van der Waals surface area contributed by atoms with Crippen molar-refractivity contribution in [3.8, 4) is 12.3 Å². The highest BCUT2D eigenvalue weighted by molar-refractivity contribution is 5.12. The number of nitrogens with one attached hydrogen (secondary N) is 1. The summed E-state index contributed by atoms with van der Waals surface area (Å²) in [6.07, 6.45) is 8.32. The third-order valence-corrected chi connectivity index (χ3v) is 2.82. The van der Waals surface area contributed by atoms with E-state index in [-0.39, 0.29) is 0 Å². The normalized spacial score (nSPS) is 11.2. The summed E-state index contributed by atoms with van der Waals surface area (Å²) in [6.45, 7) is 10.9. The van der Waals surface area contributed by atoms with E-state index in [1.165, 1.54) is 5.56 Å². The zero-order valence-electron chi connectivity index (χ0n) is 12.4. The molecule has 0 saturated carbocycles. The lowest BCUT2D eigenvalue weighted by atomic mass is 10.2. The van der Waals surface area contributed by atoms with Crippen molar-refractivity contribution < 1.29 is 4.42 Å². The Kier molecular flexibility index (Phi) is 7.32. The summed E-state index contributed by atoms with van der Waals surface area (Å²) in [5.74, 6) is 4.36. The highest BCUT2D eigenvalue weighted by atomic mass is 16.3. The summed E-state index contributed by atoms with van der Waals surface area (Å²) in [5.41, 5.74) is 1.20. The molecule has 1 heterocycles. The molecular weight excluding hydrogens is 236 g/mol. The molecule has 0 atom stereocenters. The maximum atomic E-state index is 5.60. The molecule has 1 N–H and O–H groups in total. The van der Waals surface area contributed by atoms with E-state index < -0.39 is 0 Å². The average molecular weight is 262 g/mol. The van der Waals surface area contributed by atoms with Gasteiger partial charge >= 0.3 is 0 Å². The van der Waals surface area contributed by atoms with Crippen LogP contribution in [0, 0.1) is 18.3 Å². The van der Waals surface area contributed by atoms with Gasteiger partial charge in [-0.3, -0.25) is 4.90 Å². The molecule has 1 rings (SSSR count). The SMILES string of the molecule is C#CCN(CCC)Cc1cc(CNCC(C)C)co1. The topological polar surface area (TPSA) is 28.4 Å². The number of hydrogen-bond donors (Lipinski definition) is 1. The second kappa shape index (κ2) is 8.79. The van der Waals surface area contributed by atoms with Crippen LogP contribution in [0.5, 0.6) is 0 Å². The summed E-state index contributed by atoms with van der Waals surface area (Å²) >= 11 is 0. The van der Waals surface area contributed by atoms with Crippen LogP contribution in [0.1, 0.15) is 38.5 Å². The van der Waals surface area contributed by atoms with Crippen molar-refractivity contribution in [3.05, 3.63) is 23.7 Å². The second-order valence-corrected chi connectivity index (χ2v) is 5.36. The molecule has 0 amide bonds. The van der Waals surface area contributed by atoms with Crippen LogP contribution < -0.4 is 5.32 Å². The van der Waals surface area contributed by atoms with Crippen molar-refractivity contribution in [2.24, 2.45) is 5.92 Å². The van der Waals surface area contributed by atoms with Gasteiger partial charge in [0.05, 0.1) is 19.4 Å². The Morgan fingerprint density at radius 3 is 2.89 bits per heavy atom. The molecule has 0 radical (unpaired) electrons. The second-order valence-electron chi connectivity index (χ2n) is 5.36. The number of hydrogen-bond acceptors (Lipinski definition) is 3. The molecule has 0 bridgehead atoms. The smallest absolute Gasteiger partial charge is 0.118 e. The Morgan fingerprint density at radius 2 is 2.26 bits per heavy atom. The monoisotopic (exact) mass is 262 g/mol. The van der Waals surface area contributed by atoms with E-state index >= 15 is 0 Å². The Bertz CT molecular complexity index is 390. The zero-order valence-corrected chi connectivity index (χ0v) is 12.4. The van der Waals surface area contributed by atoms with Crippen LogP contribution in [0.15, 0.2) is 16.7 Å². The maximum Gasteiger partial charge on any atom is 0.118 e. The largest absolute Gasteiger partial charge is 0.468 e. The first-order valence-electron chi connectivity index (χ1n) is 7.08. The third-order valence-electron chi connectivity index (χ3n) is 2.82. The van der Waals surface area contributed by atoms with Crippen LogP contribution in [0.4, 0.5) is 0 Å². The van der Waals surface area contributed by atoms with Crippen LogP contribution in [0.2, 0.25) is 0 Å². The zero-order chi connectivity index (χ0) is 14.1. The average Bonchev–Trinajstić information content (AvgIpc) is 2.77.